The molecule has 138 valence electrons. The van der Waals surface area contributed by atoms with Gasteiger partial charge in [-0.2, -0.15) is 5.10 Å². The number of halogens is 6. The largest absolute Gasteiger partial charge is 0.261 e. The number of benzene rings is 2. The first kappa shape index (κ1) is 18.7. The Morgan fingerprint density at radius 3 is 2.07 bits per heavy atom. The molecular weight excluding hydrogens is 391 g/mol. The molecule has 10 heteroatoms. The number of aromatic nitrogens is 2. The Balaban J connectivity index is 1.89. The van der Waals surface area contributed by atoms with Crippen molar-refractivity contribution in [3.05, 3.63) is 76.2 Å². The van der Waals surface area contributed by atoms with Crippen molar-refractivity contribution in [1.29, 1.82) is 0 Å². The molecule has 0 aliphatic carbocycles. The molecule has 0 bridgehead atoms. The van der Waals surface area contributed by atoms with Crippen molar-refractivity contribution in [2.45, 2.75) is 0 Å². The van der Waals surface area contributed by atoms with E-state index in [1.165, 1.54) is 6.07 Å². The van der Waals surface area contributed by atoms with Crippen LogP contribution in [-0.4, -0.2) is 16.2 Å². The first-order valence-corrected chi connectivity index (χ1v) is 7.66. The van der Waals surface area contributed by atoms with Gasteiger partial charge in [0.15, 0.2) is 34.9 Å². The second-order valence-corrected chi connectivity index (χ2v) is 5.51. The Bertz CT molecular complexity index is 999. The summed E-state index contributed by atoms with van der Waals surface area (Å²) in [6.07, 6.45) is 0.453. The Morgan fingerprint density at radius 2 is 1.44 bits per heavy atom. The minimum atomic E-state index is -2.25. The third-order valence-electron chi connectivity index (χ3n) is 3.34. The summed E-state index contributed by atoms with van der Waals surface area (Å²) in [5, 5.41) is 3.52. The van der Waals surface area contributed by atoms with Crippen molar-refractivity contribution < 1.29 is 22.0 Å². The van der Waals surface area contributed by atoms with Crippen LogP contribution in [0.25, 0.3) is 11.4 Å². The van der Waals surface area contributed by atoms with Crippen molar-refractivity contribution in [2.75, 3.05) is 5.43 Å². The molecule has 0 unspecified atom stereocenters. The van der Waals surface area contributed by atoms with E-state index in [9.17, 15) is 22.0 Å². The number of hydrazone groups is 1. The summed E-state index contributed by atoms with van der Waals surface area (Å²) >= 11 is 5.90. The van der Waals surface area contributed by atoms with E-state index in [0.29, 0.717) is 11.8 Å². The number of nitrogens with zero attached hydrogens (tertiary/aromatic N) is 3. The second kappa shape index (κ2) is 7.67. The highest BCUT2D eigenvalue weighted by Gasteiger charge is 2.24. The lowest BCUT2D eigenvalue weighted by Crippen LogP contribution is -2.07. The summed E-state index contributed by atoms with van der Waals surface area (Å²) in [7, 11) is 0. The van der Waals surface area contributed by atoms with Gasteiger partial charge in [0.25, 0.3) is 0 Å². The van der Waals surface area contributed by atoms with Crippen LogP contribution in [0.2, 0.25) is 5.15 Å². The molecule has 0 amide bonds. The Labute approximate surface area is 154 Å². The average molecular weight is 399 g/mol. The minimum absolute atomic E-state index is 0.0500. The van der Waals surface area contributed by atoms with E-state index in [-0.39, 0.29) is 16.8 Å². The fourth-order valence-corrected chi connectivity index (χ4v) is 2.27. The number of hydrogen-bond donors (Lipinski definition) is 1. The molecule has 3 aromatic rings. The zero-order valence-electron chi connectivity index (χ0n) is 13.2. The van der Waals surface area contributed by atoms with E-state index in [1.807, 2.05) is 0 Å². The molecule has 0 atom stereocenters. The number of hydrogen-bond acceptors (Lipinski definition) is 4. The highest BCUT2D eigenvalue weighted by Crippen LogP contribution is 2.22. The van der Waals surface area contributed by atoms with Gasteiger partial charge in [0.1, 0.15) is 5.15 Å². The van der Waals surface area contributed by atoms with E-state index in [2.05, 4.69) is 20.5 Å². The number of nitrogens with one attached hydrogen (secondary N) is 1. The summed E-state index contributed by atoms with van der Waals surface area (Å²) in [4.78, 5) is 8.15. The van der Waals surface area contributed by atoms with Crippen molar-refractivity contribution in [3.63, 3.8) is 0 Å². The van der Waals surface area contributed by atoms with Crippen LogP contribution in [0.5, 0.6) is 0 Å². The first-order chi connectivity index (χ1) is 12.9. The average Bonchev–Trinajstić information content (AvgIpc) is 2.68. The van der Waals surface area contributed by atoms with Crippen molar-refractivity contribution >= 4 is 23.6 Å². The van der Waals surface area contributed by atoms with Gasteiger partial charge in [-0.05, 0) is 0 Å². The first-order valence-electron chi connectivity index (χ1n) is 7.29. The van der Waals surface area contributed by atoms with E-state index in [0.717, 1.165) is 0 Å². The topological polar surface area (TPSA) is 50.2 Å². The summed E-state index contributed by atoms with van der Waals surface area (Å²) in [6, 6.07) is 10.0. The van der Waals surface area contributed by atoms with Crippen LogP contribution >= 0.6 is 11.6 Å². The third kappa shape index (κ3) is 3.87. The second-order valence-electron chi connectivity index (χ2n) is 5.12. The summed E-state index contributed by atoms with van der Waals surface area (Å²) < 4.78 is 66.5. The Hall–Kier alpha value is -3.07. The molecule has 1 aromatic heterocycles. The van der Waals surface area contributed by atoms with Crippen molar-refractivity contribution in [2.24, 2.45) is 5.10 Å². The van der Waals surface area contributed by atoms with Crippen molar-refractivity contribution in [3.8, 4) is 11.4 Å². The molecule has 1 N–H and O–H groups in total. The van der Waals surface area contributed by atoms with Crippen LogP contribution in [0.3, 0.4) is 0 Å². The SMILES string of the molecule is Fc1c(F)c(F)c(C=NNc2cc(Cl)nc(-c3ccccc3)n2)c(F)c1F. The summed E-state index contributed by atoms with van der Waals surface area (Å²) in [5.41, 5.74) is 1.77. The maximum atomic E-state index is 13.6. The monoisotopic (exact) mass is 398 g/mol. The maximum absolute atomic E-state index is 13.6. The molecular formula is C17H8ClF5N4. The van der Waals surface area contributed by atoms with Crippen LogP contribution in [0.4, 0.5) is 27.8 Å². The molecule has 27 heavy (non-hydrogen) atoms. The lowest BCUT2D eigenvalue weighted by atomic mass is 10.2. The predicted octanol–water partition coefficient (Wildman–Crippen LogP) is 4.94. The lowest BCUT2D eigenvalue weighted by molar-refractivity contribution is 0.377. The molecule has 1 heterocycles. The summed E-state index contributed by atoms with van der Waals surface area (Å²) in [6.45, 7) is 0. The number of rotatable bonds is 4. The summed E-state index contributed by atoms with van der Waals surface area (Å²) in [5.74, 6) is -10.1. The van der Waals surface area contributed by atoms with Gasteiger partial charge in [0, 0.05) is 11.6 Å². The van der Waals surface area contributed by atoms with Gasteiger partial charge in [-0.1, -0.05) is 41.9 Å². The molecule has 0 saturated heterocycles. The van der Waals surface area contributed by atoms with Crippen LogP contribution in [0, 0.1) is 29.1 Å². The van der Waals surface area contributed by atoms with E-state index >= 15 is 0 Å². The van der Waals surface area contributed by atoms with Gasteiger partial charge in [0.05, 0.1) is 11.8 Å². The van der Waals surface area contributed by atoms with Crippen molar-refractivity contribution in [1.82, 2.24) is 9.97 Å². The highest BCUT2D eigenvalue weighted by atomic mass is 35.5. The molecule has 0 aliphatic heterocycles. The molecule has 0 radical (unpaired) electrons. The van der Waals surface area contributed by atoms with E-state index in [4.69, 9.17) is 11.6 Å². The van der Waals surface area contributed by atoms with Gasteiger partial charge in [-0.15, -0.1) is 0 Å². The fourth-order valence-electron chi connectivity index (χ4n) is 2.09. The van der Waals surface area contributed by atoms with Gasteiger partial charge >= 0.3 is 0 Å². The Kier molecular flexibility index (Phi) is 5.31. The fraction of sp³-hybridized carbons (Fsp3) is 0. The maximum Gasteiger partial charge on any atom is 0.200 e. The molecule has 0 aliphatic rings. The quantitative estimate of drug-likeness (QED) is 0.169. The van der Waals surface area contributed by atoms with Gasteiger partial charge in [-0.25, -0.2) is 31.9 Å². The van der Waals surface area contributed by atoms with Crippen LogP contribution in [0.1, 0.15) is 5.56 Å². The zero-order chi connectivity index (χ0) is 19.6. The van der Waals surface area contributed by atoms with Crippen LogP contribution < -0.4 is 5.43 Å². The molecule has 0 saturated carbocycles. The van der Waals surface area contributed by atoms with E-state index in [1.54, 1.807) is 30.3 Å². The molecule has 0 fully saturated rings. The third-order valence-corrected chi connectivity index (χ3v) is 3.54. The predicted molar refractivity (Wildman–Crippen MR) is 89.9 cm³/mol. The number of anilines is 1. The van der Waals surface area contributed by atoms with Gasteiger partial charge in [-0.3, -0.25) is 5.43 Å². The normalized spacial score (nSPS) is 11.2. The van der Waals surface area contributed by atoms with Gasteiger partial charge < -0.3 is 0 Å². The highest BCUT2D eigenvalue weighted by molar-refractivity contribution is 6.29. The van der Waals surface area contributed by atoms with Crippen LogP contribution in [-0.2, 0) is 0 Å². The standard InChI is InChI=1S/C17H8ClF5N4/c18-10-6-11(26-17(25-10)8-4-2-1-3-5-8)27-24-7-9-12(19)14(21)16(23)15(22)13(9)20/h1-7H,(H,25,26,27). The molecule has 3 rings (SSSR count). The van der Waals surface area contributed by atoms with E-state index < -0.39 is 34.6 Å². The van der Waals surface area contributed by atoms with Crippen LogP contribution in [0.15, 0.2) is 41.5 Å². The van der Waals surface area contributed by atoms with Gasteiger partial charge in [0.2, 0.25) is 5.82 Å². The zero-order valence-corrected chi connectivity index (χ0v) is 13.9. The lowest BCUT2D eigenvalue weighted by Gasteiger charge is -2.06. The molecule has 0 spiro atoms. The molecule has 4 nitrogen and oxygen atoms in total. The Morgan fingerprint density at radius 1 is 0.852 bits per heavy atom. The minimum Gasteiger partial charge on any atom is -0.261 e. The molecule has 2 aromatic carbocycles. The smallest absolute Gasteiger partial charge is 0.200 e.